The van der Waals surface area contributed by atoms with Crippen LogP contribution in [-0.2, 0) is 10.0 Å². The maximum absolute atomic E-state index is 12.5. The van der Waals surface area contributed by atoms with Crippen molar-refractivity contribution < 1.29 is 23.1 Å². The Morgan fingerprint density at radius 2 is 1.94 bits per heavy atom. The van der Waals surface area contributed by atoms with E-state index in [1.807, 2.05) is 37.3 Å². The summed E-state index contributed by atoms with van der Waals surface area (Å²) >= 11 is 6.03. The molecule has 0 amide bonds. The van der Waals surface area contributed by atoms with E-state index in [1.165, 1.54) is 26.2 Å². The van der Waals surface area contributed by atoms with Gasteiger partial charge in [-0.25, -0.2) is 12.7 Å². The summed E-state index contributed by atoms with van der Waals surface area (Å²) in [5, 5.41) is 32.2. The first-order valence-corrected chi connectivity index (χ1v) is 11.1. The SMILES string of the molecule is CC[C@@H](Nc1no[n+]([O-])c1Nc1ccc(Cl)c(S(=O)(=O)N(C)C)c1O)c1ccccc1. The molecule has 0 saturated heterocycles. The Hall–Kier alpha value is -3.02. The second-order valence-electron chi connectivity index (χ2n) is 6.83. The minimum atomic E-state index is -4.05. The molecule has 0 aliphatic heterocycles. The highest BCUT2D eigenvalue weighted by atomic mass is 35.5. The summed E-state index contributed by atoms with van der Waals surface area (Å²) in [4.78, 5) is -0.364. The number of nitrogens with zero attached hydrogens (tertiary/aromatic N) is 3. The second kappa shape index (κ2) is 9.00. The summed E-state index contributed by atoms with van der Waals surface area (Å²) < 4.78 is 30.7. The Balaban J connectivity index is 1.97. The van der Waals surface area contributed by atoms with Crippen molar-refractivity contribution in [1.29, 1.82) is 0 Å². The van der Waals surface area contributed by atoms with Gasteiger partial charge < -0.3 is 20.3 Å². The quantitative estimate of drug-likeness (QED) is 0.339. The molecule has 10 nitrogen and oxygen atoms in total. The molecule has 166 valence electrons. The average Bonchev–Trinajstić information content (AvgIpc) is 3.07. The van der Waals surface area contributed by atoms with Crippen LogP contribution in [0.5, 0.6) is 5.75 Å². The number of phenolic OH excluding ortho intramolecular Hbond substituents is 1. The van der Waals surface area contributed by atoms with Crippen molar-refractivity contribution in [3.05, 3.63) is 58.3 Å². The van der Waals surface area contributed by atoms with Crippen LogP contribution < -0.4 is 15.5 Å². The number of hydrogen-bond donors (Lipinski definition) is 3. The molecule has 1 heterocycles. The number of benzene rings is 2. The monoisotopic (exact) mass is 467 g/mol. The molecule has 3 N–H and O–H groups in total. The van der Waals surface area contributed by atoms with Crippen LogP contribution in [0.1, 0.15) is 24.9 Å². The van der Waals surface area contributed by atoms with Crippen LogP contribution in [0.3, 0.4) is 0 Å². The van der Waals surface area contributed by atoms with Gasteiger partial charge in [-0.1, -0.05) is 53.8 Å². The predicted molar refractivity (Wildman–Crippen MR) is 116 cm³/mol. The molecule has 1 atom stereocenters. The zero-order chi connectivity index (χ0) is 22.8. The van der Waals surface area contributed by atoms with Crippen LogP contribution >= 0.6 is 11.6 Å². The van der Waals surface area contributed by atoms with Gasteiger partial charge in [-0.05, 0) is 29.3 Å². The first kappa shape index (κ1) is 22.7. The number of rotatable bonds is 8. The van der Waals surface area contributed by atoms with Gasteiger partial charge in [0.15, 0.2) is 5.75 Å². The second-order valence-corrected chi connectivity index (χ2v) is 9.32. The van der Waals surface area contributed by atoms with Gasteiger partial charge >= 0.3 is 5.82 Å². The van der Waals surface area contributed by atoms with E-state index in [0.717, 1.165) is 9.87 Å². The van der Waals surface area contributed by atoms with Crippen LogP contribution in [0.2, 0.25) is 5.02 Å². The molecule has 31 heavy (non-hydrogen) atoms. The fourth-order valence-electron chi connectivity index (χ4n) is 2.92. The molecule has 0 saturated carbocycles. The lowest BCUT2D eigenvalue weighted by atomic mass is 10.0. The van der Waals surface area contributed by atoms with Gasteiger partial charge in [-0.2, -0.15) is 0 Å². The number of phenols is 1. The van der Waals surface area contributed by atoms with Gasteiger partial charge in [0, 0.05) is 14.1 Å². The topological polar surface area (TPSA) is 135 Å². The molecule has 0 spiro atoms. The van der Waals surface area contributed by atoms with Crippen molar-refractivity contribution >= 4 is 38.9 Å². The molecule has 2 aromatic carbocycles. The first-order chi connectivity index (χ1) is 14.7. The van der Waals surface area contributed by atoms with Gasteiger partial charge in [0.1, 0.15) is 10.6 Å². The van der Waals surface area contributed by atoms with E-state index in [0.29, 0.717) is 6.42 Å². The standard InChI is InChI=1S/C19H22ClN5O5S/c1-4-14(12-8-6-5-7-9-12)21-18-19(25(27)30-23-18)22-15-11-10-13(20)17(16(15)26)31(28,29)24(2)3/h5-11,14,22,26H,4H2,1-3H3,(H,21,23)/t14-/m1/s1. The van der Waals surface area contributed by atoms with Gasteiger partial charge in [-0.3, -0.25) is 5.32 Å². The Kier molecular flexibility index (Phi) is 6.58. The molecular formula is C19H22ClN5O5S. The van der Waals surface area contributed by atoms with E-state index >= 15 is 0 Å². The summed E-state index contributed by atoms with van der Waals surface area (Å²) in [5.74, 6) is -0.694. The van der Waals surface area contributed by atoms with E-state index in [4.69, 9.17) is 16.2 Å². The van der Waals surface area contributed by atoms with Crippen molar-refractivity contribution in [2.45, 2.75) is 24.3 Å². The molecule has 0 fully saturated rings. The predicted octanol–water partition coefficient (Wildman–Crippen LogP) is 3.22. The summed E-state index contributed by atoms with van der Waals surface area (Å²) in [7, 11) is -1.42. The van der Waals surface area contributed by atoms with E-state index in [1.54, 1.807) is 0 Å². The lowest BCUT2D eigenvalue weighted by Crippen LogP contribution is -2.27. The Morgan fingerprint density at radius 3 is 2.55 bits per heavy atom. The largest absolute Gasteiger partial charge is 0.503 e. The number of halogens is 1. The zero-order valence-electron chi connectivity index (χ0n) is 17.0. The zero-order valence-corrected chi connectivity index (χ0v) is 18.6. The number of aromatic hydroxyl groups is 1. The highest BCUT2D eigenvalue weighted by molar-refractivity contribution is 7.89. The van der Waals surface area contributed by atoms with Crippen LogP contribution in [0, 0.1) is 5.21 Å². The maximum Gasteiger partial charge on any atom is 0.324 e. The fraction of sp³-hybridized carbons (Fsp3) is 0.263. The molecule has 0 bridgehead atoms. The maximum atomic E-state index is 12.5. The van der Waals surface area contributed by atoms with Crippen LogP contribution in [0.4, 0.5) is 17.3 Å². The highest BCUT2D eigenvalue weighted by Crippen LogP contribution is 2.39. The minimum absolute atomic E-state index is 0.0616. The molecule has 0 unspecified atom stereocenters. The van der Waals surface area contributed by atoms with Crippen LogP contribution in [0.25, 0.3) is 0 Å². The van der Waals surface area contributed by atoms with E-state index in [9.17, 15) is 18.7 Å². The Labute approximate surface area is 184 Å². The highest BCUT2D eigenvalue weighted by Gasteiger charge is 2.29. The van der Waals surface area contributed by atoms with Crippen molar-refractivity contribution in [2.24, 2.45) is 0 Å². The molecular weight excluding hydrogens is 446 g/mol. The molecule has 0 aliphatic rings. The molecule has 12 heteroatoms. The van der Waals surface area contributed by atoms with E-state index in [2.05, 4.69) is 15.8 Å². The lowest BCUT2D eigenvalue weighted by Gasteiger charge is -2.17. The van der Waals surface area contributed by atoms with Crippen molar-refractivity contribution in [1.82, 2.24) is 9.46 Å². The molecule has 3 rings (SSSR count). The third-order valence-corrected chi connectivity index (χ3v) is 6.93. The summed E-state index contributed by atoms with van der Waals surface area (Å²) in [6.07, 6.45) is 0.687. The van der Waals surface area contributed by atoms with E-state index in [-0.39, 0.29) is 33.3 Å². The average molecular weight is 468 g/mol. The normalized spacial score (nSPS) is 12.7. The van der Waals surface area contributed by atoms with Crippen molar-refractivity contribution in [3.8, 4) is 5.75 Å². The van der Waals surface area contributed by atoms with Gasteiger partial charge in [-0.15, -0.1) is 0 Å². The number of nitrogens with one attached hydrogen (secondary N) is 2. The molecule has 0 aliphatic carbocycles. The smallest absolute Gasteiger partial charge is 0.324 e. The van der Waals surface area contributed by atoms with Gasteiger partial charge in [0.2, 0.25) is 10.0 Å². The Bertz CT molecular complexity index is 1170. The Morgan fingerprint density at radius 1 is 1.26 bits per heavy atom. The molecule has 3 aromatic rings. The first-order valence-electron chi connectivity index (χ1n) is 9.29. The molecule has 1 aromatic heterocycles. The fourth-order valence-corrected chi connectivity index (χ4v) is 4.40. The summed E-state index contributed by atoms with van der Waals surface area (Å²) in [6, 6.07) is 12.0. The number of anilines is 3. The summed E-state index contributed by atoms with van der Waals surface area (Å²) in [6.45, 7) is 1.96. The number of sulfonamides is 1. The van der Waals surface area contributed by atoms with Gasteiger partial charge in [0.05, 0.1) is 11.1 Å². The minimum Gasteiger partial charge on any atom is -0.503 e. The van der Waals surface area contributed by atoms with Crippen molar-refractivity contribution in [2.75, 3.05) is 24.7 Å². The van der Waals surface area contributed by atoms with Crippen LogP contribution in [-0.4, -0.2) is 37.1 Å². The third-order valence-electron chi connectivity index (χ3n) is 4.61. The van der Waals surface area contributed by atoms with E-state index < -0.39 is 20.7 Å². The molecule has 0 radical (unpaired) electrons. The number of hydrogen-bond acceptors (Lipinski definition) is 8. The van der Waals surface area contributed by atoms with Crippen LogP contribution in [0.15, 0.2) is 52.0 Å². The lowest BCUT2D eigenvalue weighted by molar-refractivity contribution is -0.790. The summed E-state index contributed by atoms with van der Waals surface area (Å²) in [5.41, 5.74) is 0.915. The van der Waals surface area contributed by atoms with Gasteiger partial charge in [0.25, 0.3) is 5.82 Å². The van der Waals surface area contributed by atoms with Crippen molar-refractivity contribution in [3.63, 3.8) is 0 Å². The third kappa shape index (κ3) is 4.53. The number of aromatic nitrogens is 2.